The maximum atomic E-state index is 5.35. The molecule has 0 bridgehead atoms. The van der Waals surface area contributed by atoms with Crippen molar-refractivity contribution in [1.82, 2.24) is 28.7 Å². The van der Waals surface area contributed by atoms with Gasteiger partial charge in [-0.15, -0.1) is 0 Å². The van der Waals surface area contributed by atoms with Gasteiger partial charge >= 0.3 is 0 Å². The first kappa shape index (κ1) is 31.5. The van der Waals surface area contributed by atoms with Crippen molar-refractivity contribution in [2.75, 3.05) is 0 Å². The Morgan fingerprint density at radius 3 is 1.00 bits per heavy atom. The molecule has 57 heavy (non-hydrogen) atoms. The highest BCUT2D eigenvalue weighted by atomic mass is 15.2. The smallest absolute Gasteiger partial charge is 0.238 e. The summed E-state index contributed by atoms with van der Waals surface area (Å²) in [6.45, 7) is 0. The summed E-state index contributed by atoms with van der Waals surface area (Å²) in [6.07, 6.45) is 0. The van der Waals surface area contributed by atoms with E-state index < -0.39 is 0 Å². The number of nitrogens with zero attached hydrogens (tertiary/aromatic N) is 6. The molecule has 0 spiro atoms. The second kappa shape index (κ2) is 12.3. The van der Waals surface area contributed by atoms with Crippen LogP contribution in [0.1, 0.15) is 0 Å². The average molecular weight is 729 g/mol. The number of hydrogen-bond donors (Lipinski definition) is 0. The fourth-order valence-electron chi connectivity index (χ4n) is 8.94. The van der Waals surface area contributed by atoms with Gasteiger partial charge in [0.15, 0.2) is 11.6 Å². The van der Waals surface area contributed by atoms with Crippen LogP contribution in [-0.4, -0.2) is 28.7 Å². The second-order valence-corrected chi connectivity index (χ2v) is 14.4. The monoisotopic (exact) mass is 728 g/mol. The van der Waals surface area contributed by atoms with Crippen molar-refractivity contribution in [3.63, 3.8) is 0 Å². The normalized spacial score (nSPS) is 11.9. The van der Waals surface area contributed by atoms with E-state index in [1.165, 1.54) is 10.8 Å². The van der Waals surface area contributed by atoms with Gasteiger partial charge in [0.1, 0.15) is 0 Å². The summed E-state index contributed by atoms with van der Waals surface area (Å²) in [5.41, 5.74) is 10.7. The molecule has 4 heterocycles. The molecule has 0 radical (unpaired) electrons. The molecule has 4 aromatic heterocycles. The van der Waals surface area contributed by atoms with Crippen molar-refractivity contribution >= 4 is 65.4 Å². The van der Waals surface area contributed by atoms with Gasteiger partial charge in [-0.25, -0.2) is 4.98 Å². The zero-order valence-electron chi connectivity index (χ0n) is 30.7. The third kappa shape index (κ3) is 4.61. The van der Waals surface area contributed by atoms with Crippen molar-refractivity contribution in [3.8, 4) is 40.1 Å². The number of hydrogen-bond acceptors (Lipinski definition) is 3. The number of para-hydroxylation sites is 5. The van der Waals surface area contributed by atoms with Crippen LogP contribution in [0.25, 0.3) is 106 Å². The summed E-state index contributed by atoms with van der Waals surface area (Å²) in [5, 5.41) is 6.96. The summed E-state index contributed by atoms with van der Waals surface area (Å²) in [7, 11) is 0. The summed E-state index contributed by atoms with van der Waals surface area (Å²) in [4.78, 5) is 15.8. The molecule has 0 saturated heterocycles. The van der Waals surface area contributed by atoms with Crippen molar-refractivity contribution in [2.45, 2.75) is 0 Å². The highest BCUT2D eigenvalue weighted by molar-refractivity contribution is 6.40. The molecule has 0 amide bonds. The van der Waals surface area contributed by atoms with Crippen LogP contribution in [0.5, 0.6) is 0 Å². The van der Waals surface area contributed by atoms with Gasteiger partial charge in [-0.2, -0.15) is 9.97 Å². The molecule has 12 rings (SSSR count). The minimum atomic E-state index is 0.563. The van der Waals surface area contributed by atoms with Gasteiger partial charge < -0.3 is 9.13 Å². The molecule has 0 atom stereocenters. The summed E-state index contributed by atoms with van der Waals surface area (Å²) in [6, 6.07) is 68.2. The number of fused-ring (bicyclic) bond motifs is 12. The van der Waals surface area contributed by atoms with Crippen LogP contribution in [0, 0.1) is 0 Å². The summed E-state index contributed by atoms with van der Waals surface area (Å²) >= 11 is 0. The van der Waals surface area contributed by atoms with E-state index in [2.05, 4.69) is 171 Å². The Balaban J connectivity index is 1.38. The Labute approximate surface area is 327 Å². The molecule has 12 aromatic rings. The Kier molecular flexibility index (Phi) is 6.83. The standard InChI is InChI=1S/C51H32N6/c1-5-19-33(20-6-1)49-52-50(34-21-7-2-8-22-34)54-51(53-49)57-42-32-18-15-29-39(42)45-47-43(37-27-13-16-30-40(37)55(47)35-23-9-3-10-24-35)46-44(48(45)57)38-28-14-17-31-41(38)56(46)36-25-11-4-12-26-36/h1-32H. The Hall–Kier alpha value is -7.83. The van der Waals surface area contributed by atoms with E-state index in [0.717, 1.165) is 77.1 Å². The summed E-state index contributed by atoms with van der Waals surface area (Å²) < 4.78 is 7.20. The molecule has 8 aromatic carbocycles. The summed E-state index contributed by atoms with van der Waals surface area (Å²) in [5.74, 6) is 1.80. The van der Waals surface area contributed by atoms with E-state index in [0.29, 0.717) is 17.6 Å². The molecule has 0 fully saturated rings. The zero-order valence-corrected chi connectivity index (χ0v) is 30.7. The van der Waals surface area contributed by atoms with E-state index in [9.17, 15) is 0 Å². The van der Waals surface area contributed by atoms with Crippen LogP contribution >= 0.6 is 0 Å². The Morgan fingerprint density at radius 1 is 0.281 bits per heavy atom. The van der Waals surface area contributed by atoms with Crippen LogP contribution in [0.15, 0.2) is 194 Å². The molecular weight excluding hydrogens is 697 g/mol. The van der Waals surface area contributed by atoms with E-state index in [1.54, 1.807) is 0 Å². The van der Waals surface area contributed by atoms with Gasteiger partial charge in [0.2, 0.25) is 5.95 Å². The van der Waals surface area contributed by atoms with Crippen molar-refractivity contribution in [3.05, 3.63) is 194 Å². The Bertz CT molecular complexity index is 3360. The zero-order chi connectivity index (χ0) is 37.5. The number of rotatable bonds is 5. The first-order chi connectivity index (χ1) is 28.3. The number of benzene rings is 8. The first-order valence-corrected chi connectivity index (χ1v) is 19.2. The molecule has 6 heteroatoms. The van der Waals surface area contributed by atoms with Gasteiger partial charge in [0.05, 0.1) is 33.1 Å². The minimum absolute atomic E-state index is 0.563. The lowest BCUT2D eigenvalue weighted by Crippen LogP contribution is -2.06. The predicted molar refractivity (Wildman–Crippen MR) is 234 cm³/mol. The van der Waals surface area contributed by atoms with Crippen LogP contribution in [0.3, 0.4) is 0 Å². The Morgan fingerprint density at radius 2 is 0.596 bits per heavy atom. The molecule has 0 aliphatic heterocycles. The second-order valence-electron chi connectivity index (χ2n) is 14.4. The van der Waals surface area contributed by atoms with E-state index in [-0.39, 0.29) is 0 Å². The lowest BCUT2D eigenvalue weighted by molar-refractivity contribution is 0.955. The third-order valence-electron chi connectivity index (χ3n) is 11.3. The highest BCUT2D eigenvalue weighted by Gasteiger charge is 2.29. The average Bonchev–Trinajstić information content (AvgIpc) is 3.93. The van der Waals surface area contributed by atoms with Crippen molar-refractivity contribution in [2.24, 2.45) is 0 Å². The maximum Gasteiger partial charge on any atom is 0.238 e. The molecule has 0 aliphatic rings. The quantitative estimate of drug-likeness (QED) is 0.177. The van der Waals surface area contributed by atoms with E-state index >= 15 is 0 Å². The first-order valence-electron chi connectivity index (χ1n) is 19.2. The third-order valence-corrected chi connectivity index (χ3v) is 11.3. The van der Waals surface area contributed by atoms with Gasteiger partial charge in [-0.1, -0.05) is 152 Å². The fourth-order valence-corrected chi connectivity index (χ4v) is 8.94. The predicted octanol–water partition coefficient (Wildman–Crippen LogP) is 12.5. The molecular formula is C51H32N6. The highest BCUT2D eigenvalue weighted by Crippen LogP contribution is 2.50. The van der Waals surface area contributed by atoms with Crippen LogP contribution in [0.4, 0.5) is 0 Å². The topological polar surface area (TPSA) is 53.5 Å². The SMILES string of the molecule is c1ccc(-c2nc(-c3ccccc3)nc(-n3c4ccccc4c4c5c(c6ccccc6n5-c5ccccc5)c5c(c6ccccc6n5-c5ccccc5)c43)n2)cc1. The van der Waals surface area contributed by atoms with E-state index in [1.807, 2.05) is 36.4 Å². The molecule has 0 aliphatic carbocycles. The van der Waals surface area contributed by atoms with Gasteiger partial charge in [0.25, 0.3) is 0 Å². The van der Waals surface area contributed by atoms with Crippen molar-refractivity contribution in [1.29, 1.82) is 0 Å². The minimum Gasteiger partial charge on any atom is -0.308 e. The fraction of sp³-hybridized carbons (Fsp3) is 0. The largest absolute Gasteiger partial charge is 0.308 e. The lowest BCUT2D eigenvalue weighted by atomic mass is 10.0. The molecule has 0 saturated carbocycles. The number of aromatic nitrogens is 6. The van der Waals surface area contributed by atoms with Gasteiger partial charge in [-0.3, -0.25) is 4.57 Å². The molecule has 6 nitrogen and oxygen atoms in total. The molecule has 0 unspecified atom stereocenters. The van der Waals surface area contributed by atoms with Gasteiger partial charge in [0, 0.05) is 54.8 Å². The van der Waals surface area contributed by atoms with Crippen LogP contribution in [0.2, 0.25) is 0 Å². The molecule has 266 valence electrons. The van der Waals surface area contributed by atoms with Crippen molar-refractivity contribution < 1.29 is 0 Å². The molecule has 0 N–H and O–H groups in total. The maximum absolute atomic E-state index is 5.35. The lowest BCUT2D eigenvalue weighted by Gasteiger charge is -2.14. The van der Waals surface area contributed by atoms with Crippen LogP contribution < -0.4 is 0 Å². The van der Waals surface area contributed by atoms with Gasteiger partial charge in [-0.05, 0) is 42.5 Å². The van der Waals surface area contributed by atoms with Crippen LogP contribution in [-0.2, 0) is 0 Å². The van der Waals surface area contributed by atoms with E-state index in [4.69, 9.17) is 15.0 Å².